The first kappa shape index (κ1) is 40.3. The quantitative estimate of drug-likeness (QED) is 0.132. The van der Waals surface area contributed by atoms with E-state index in [9.17, 15) is 37.5 Å². The largest absolute Gasteiger partial charge is 0.467 e. The molecule has 2 saturated heterocycles. The number of carbonyl (C=O) groups is 6. The topological polar surface area (TPSA) is 170 Å². The monoisotopic (exact) mass is 767 g/mol. The number of rotatable bonds is 13. The smallest absolute Gasteiger partial charge is 0.339 e. The molecular formula is C39H39F2NO13. The van der Waals surface area contributed by atoms with Crippen molar-refractivity contribution < 1.29 is 70.7 Å². The molecule has 2 fully saturated rings. The molecule has 0 radical (unpaired) electrons. The van der Waals surface area contributed by atoms with E-state index in [4.69, 9.17) is 33.2 Å². The lowest BCUT2D eigenvalue weighted by molar-refractivity contribution is -0.282. The van der Waals surface area contributed by atoms with Gasteiger partial charge >= 0.3 is 29.8 Å². The fourth-order valence-corrected chi connectivity index (χ4v) is 6.66. The van der Waals surface area contributed by atoms with Crippen molar-refractivity contribution in [2.24, 2.45) is 5.92 Å². The molecule has 3 aromatic carbocycles. The second-order valence-corrected chi connectivity index (χ2v) is 12.8. The number of methoxy groups -OCH3 is 1. The van der Waals surface area contributed by atoms with Crippen LogP contribution >= 0.6 is 0 Å². The second-order valence-electron chi connectivity index (χ2n) is 12.8. The number of benzene rings is 3. The van der Waals surface area contributed by atoms with Gasteiger partial charge in [0.1, 0.15) is 23.5 Å². The van der Waals surface area contributed by atoms with E-state index in [1.807, 2.05) is 0 Å². The maximum absolute atomic E-state index is 13.9. The van der Waals surface area contributed by atoms with Gasteiger partial charge in [-0.05, 0) is 72.5 Å². The van der Waals surface area contributed by atoms with Gasteiger partial charge in [0.2, 0.25) is 18.3 Å². The molecule has 8 atom stereocenters. The Bertz CT molecular complexity index is 1890. The average molecular weight is 768 g/mol. The van der Waals surface area contributed by atoms with Crippen LogP contribution in [0.15, 0.2) is 72.8 Å². The van der Waals surface area contributed by atoms with Gasteiger partial charge in [-0.15, -0.1) is 0 Å². The number of esters is 5. The number of nitrogens with zero attached hydrogens (tertiary/aromatic N) is 1. The molecule has 0 spiro atoms. The van der Waals surface area contributed by atoms with Crippen LogP contribution in [0.4, 0.5) is 14.5 Å². The van der Waals surface area contributed by atoms with Crippen molar-refractivity contribution in [1.29, 1.82) is 0 Å². The minimum Gasteiger partial charge on any atom is -0.467 e. The summed E-state index contributed by atoms with van der Waals surface area (Å²) >= 11 is 0. The van der Waals surface area contributed by atoms with Crippen LogP contribution in [0.2, 0.25) is 0 Å². The molecule has 2 heterocycles. The highest BCUT2D eigenvalue weighted by Crippen LogP contribution is 2.47. The fourth-order valence-electron chi connectivity index (χ4n) is 6.66. The molecule has 0 bridgehead atoms. The Labute approximate surface area is 314 Å². The minimum atomic E-state index is -1.66. The van der Waals surface area contributed by atoms with Crippen LogP contribution < -0.4 is 9.64 Å². The molecule has 0 saturated carbocycles. The molecule has 0 N–H and O–H groups in total. The molecule has 55 heavy (non-hydrogen) atoms. The summed E-state index contributed by atoms with van der Waals surface area (Å²) in [6.07, 6.45) is -8.18. The molecular weight excluding hydrogens is 728 g/mol. The van der Waals surface area contributed by atoms with E-state index in [1.165, 1.54) is 72.5 Å². The number of anilines is 1. The van der Waals surface area contributed by atoms with Crippen LogP contribution in [0.3, 0.4) is 0 Å². The van der Waals surface area contributed by atoms with Gasteiger partial charge < -0.3 is 38.1 Å². The van der Waals surface area contributed by atoms with Crippen molar-refractivity contribution in [3.8, 4) is 5.75 Å². The number of amides is 1. The second kappa shape index (κ2) is 17.5. The van der Waals surface area contributed by atoms with Crippen molar-refractivity contribution in [2.45, 2.75) is 83.4 Å². The normalized spacial score (nSPS) is 23.7. The Morgan fingerprint density at radius 2 is 1.27 bits per heavy atom. The number of hydrogen-bond donors (Lipinski definition) is 0. The number of halogens is 2. The molecule has 1 amide bonds. The molecule has 292 valence electrons. The van der Waals surface area contributed by atoms with E-state index in [0.29, 0.717) is 16.8 Å². The molecule has 3 aromatic rings. The van der Waals surface area contributed by atoms with E-state index in [-0.39, 0.29) is 24.5 Å². The van der Waals surface area contributed by atoms with E-state index >= 15 is 0 Å². The highest BCUT2D eigenvalue weighted by molar-refractivity contribution is 6.03. The predicted molar refractivity (Wildman–Crippen MR) is 185 cm³/mol. The van der Waals surface area contributed by atoms with Gasteiger partial charge in [-0.25, -0.2) is 13.6 Å². The van der Waals surface area contributed by atoms with E-state index in [2.05, 4.69) is 0 Å². The summed E-state index contributed by atoms with van der Waals surface area (Å²) in [6.45, 7) is 4.47. The van der Waals surface area contributed by atoms with Crippen LogP contribution in [0, 0.1) is 17.6 Å². The minimum absolute atomic E-state index is 0.129. The highest BCUT2D eigenvalue weighted by Gasteiger charge is 2.56. The van der Waals surface area contributed by atoms with E-state index < -0.39 is 90.3 Å². The third kappa shape index (κ3) is 9.62. The Kier molecular flexibility index (Phi) is 12.8. The molecule has 14 nitrogen and oxygen atoms in total. The zero-order valence-corrected chi connectivity index (χ0v) is 30.5. The average Bonchev–Trinajstić information content (AvgIpc) is 3.13. The van der Waals surface area contributed by atoms with Crippen molar-refractivity contribution in [2.75, 3.05) is 12.0 Å². The molecule has 0 aromatic heterocycles. The summed E-state index contributed by atoms with van der Waals surface area (Å²) in [5.41, 5.74) is 1.63. The van der Waals surface area contributed by atoms with Crippen LogP contribution in [0.5, 0.6) is 5.75 Å². The number of ether oxygens (including phenoxy) is 7. The lowest BCUT2D eigenvalue weighted by atomic mass is 9.78. The van der Waals surface area contributed by atoms with Crippen LogP contribution in [-0.4, -0.2) is 73.6 Å². The highest BCUT2D eigenvalue weighted by atomic mass is 19.1. The van der Waals surface area contributed by atoms with Crippen LogP contribution in [0.25, 0.3) is 0 Å². The van der Waals surface area contributed by atoms with Gasteiger partial charge in [0, 0.05) is 33.4 Å². The van der Waals surface area contributed by atoms with Crippen molar-refractivity contribution in [3.05, 3.63) is 95.6 Å². The number of carbonyl (C=O) groups excluding carboxylic acids is 6. The molecule has 0 aliphatic carbocycles. The van der Waals surface area contributed by atoms with Crippen LogP contribution in [0.1, 0.15) is 63.8 Å². The van der Waals surface area contributed by atoms with Gasteiger partial charge in [-0.3, -0.25) is 24.0 Å². The number of β-lactam (4-membered cyclic amide) rings is 1. The maximum Gasteiger partial charge on any atom is 0.339 e. The summed E-state index contributed by atoms with van der Waals surface area (Å²) in [5, 5.41) is 0. The Hall–Kier alpha value is -5.90. The lowest BCUT2D eigenvalue weighted by Gasteiger charge is -2.48. The van der Waals surface area contributed by atoms with Gasteiger partial charge in [-0.1, -0.05) is 24.3 Å². The SMILES string of the molecule is COC(=O)[C@@H]1O[C@H](Oc2ccc([C@@H]3[C@@H](CC[C@H](OC(C)=O)c4ccc(F)cc4)C(=O)N3c3ccc(F)cc3)cc2)[C@@H](OC(C)=O)[C@H](OC(C)=O)[C@H]1OC(C)=O. The van der Waals surface area contributed by atoms with E-state index in [1.54, 1.807) is 12.1 Å². The molecule has 2 aliphatic rings. The standard InChI is InChI=1S/C39H39F2NO13/c1-20(43)50-31(24-6-10-26(40)11-7-24)19-18-30-32(42(37(30)47)28-14-12-27(41)13-15-28)25-8-16-29(17-9-25)54-39-36(53-23(4)46)34(52-22(3)45)33(51-21(2)44)35(55-39)38(48)49-5/h6-17,30-36,39H,18-19H2,1-5H3/t30-,31+,32-,33-,34-,35-,36+,39+/m1/s1. The maximum atomic E-state index is 13.9. The first-order chi connectivity index (χ1) is 26.2. The summed E-state index contributed by atoms with van der Waals surface area (Å²) in [7, 11) is 1.07. The first-order valence-corrected chi connectivity index (χ1v) is 17.2. The summed E-state index contributed by atoms with van der Waals surface area (Å²) < 4.78 is 65.9. The summed E-state index contributed by atoms with van der Waals surface area (Å²) in [6, 6.07) is 16.7. The van der Waals surface area contributed by atoms with E-state index in [0.717, 1.165) is 27.9 Å². The van der Waals surface area contributed by atoms with Gasteiger partial charge in [-0.2, -0.15) is 0 Å². The third-order valence-corrected chi connectivity index (χ3v) is 8.92. The van der Waals surface area contributed by atoms with Gasteiger partial charge in [0.05, 0.1) is 19.1 Å². The fraction of sp³-hybridized carbons (Fsp3) is 0.385. The Morgan fingerprint density at radius 1 is 0.727 bits per heavy atom. The Morgan fingerprint density at radius 3 is 1.82 bits per heavy atom. The molecule has 5 rings (SSSR count). The Balaban J connectivity index is 1.43. The first-order valence-electron chi connectivity index (χ1n) is 17.2. The summed E-state index contributed by atoms with van der Waals surface area (Å²) in [4.78, 5) is 76.3. The zero-order chi connectivity index (χ0) is 40.0. The third-order valence-electron chi connectivity index (χ3n) is 8.92. The number of hydrogen-bond acceptors (Lipinski definition) is 13. The lowest BCUT2D eigenvalue weighted by Crippen LogP contribution is -2.64. The molecule has 0 unspecified atom stereocenters. The zero-order valence-electron chi connectivity index (χ0n) is 30.5. The van der Waals surface area contributed by atoms with Crippen LogP contribution in [-0.2, 0) is 57.2 Å². The van der Waals surface area contributed by atoms with Gasteiger partial charge in [0.15, 0.2) is 18.3 Å². The van der Waals surface area contributed by atoms with Crippen molar-refractivity contribution in [3.63, 3.8) is 0 Å². The van der Waals surface area contributed by atoms with Crippen molar-refractivity contribution >= 4 is 41.4 Å². The van der Waals surface area contributed by atoms with Crippen molar-refractivity contribution in [1.82, 2.24) is 0 Å². The summed E-state index contributed by atoms with van der Waals surface area (Å²) in [5.74, 6) is -5.77. The molecule has 2 aliphatic heterocycles. The molecule has 16 heteroatoms. The van der Waals surface area contributed by atoms with Gasteiger partial charge in [0.25, 0.3) is 0 Å². The predicted octanol–water partition coefficient (Wildman–Crippen LogP) is 4.83.